The number of hydrogen-bond acceptors (Lipinski definition) is 3. The number of hydrogen-bond donors (Lipinski definition) is 1. The molecule has 0 heterocycles. The van der Waals surface area contributed by atoms with E-state index in [1.807, 2.05) is 49.4 Å². The van der Waals surface area contributed by atoms with Crippen LogP contribution >= 0.6 is 23.2 Å². The molecular weight excluding hydrogens is 495 g/mol. The molecule has 0 aliphatic rings. The lowest BCUT2D eigenvalue weighted by atomic mass is 10.0. The van der Waals surface area contributed by atoms with Gasteiger partial charge in [-0.1, -0.05) is 79.0 Å². The Labute approximate surface area is 223 Å². The molecule has 0 aliphatic carbocycles. The van der Waals surface area contributed by atoms with Gasteiger partial charge in [-0.3, -0.25) is 9.59 Å². The summed E-state index contributed by atoms with van der Waals surface area (Å²) in [5.41, 5.74) is 2.70. The second kappa shape index (κ2) is 13.9. The summed E-state index contributed by atoms with van der Waals surface area (Å²) < 4.78 is 5.82. The van der Waals surface area contributed by atoms with Gasteiger partial charge in [-0.25, -0.2) is 0 Å². The zero-order valence-corrected chi connectivity index (χ0v) is 22.2. The molecule has 1 atom stereocenters. The molecule has 0 bridgehead atoms. The van der Waals surface area contributed by atoms with Crippen LogP contribution in [0.4, 0.5) is 0 Å². The van der Waals surface area contributed by atoms with Crippen LogP contribution in [0.5, 0.6) is 5.75 Å². The summed E-state index contributed by atoms with van der Waals surface area (Å²) in [6, 6.07) is 21.5. The maximum atomic E-state index is 13.6. The number of aryl methyl sites for hydroxylation is 1. The smallest absolute Gasteiger partial charge is 0.261 e. The van der Waals surface area contributed by atoms with Crippen molar-refractivity contribution in [2.75, 3.05) is 13.2 Å². The SMILES string of the molecule is CCCCNC(=O)[C@@H](Cc1ccccc1)N(Cc1ccc(Cl)cc1)C(=O)COc1ccc(Cl)c(C)c1. The van der Waals surface area contributed by atoms with Crippen molar-refractivity contribution in [3.05, 3.63) is 99.5 Å². The van der Waals surface area contributed by atoms with E-state index in [9.17, 15) is 9.59 Å². The first-order valence-corrected chi connectivity index (χ1v) is 12.9. The molecule has 5 nitrogen and oxygen atoms in total. The molecule has 0 spiro atoms. The lowest BCUT2D eigenvalue weighted by Gasteiger charge is -2.31. The van der Waals surface area contributed by atoms with Crippen molar-refractivity contribution in [1.29, 1.82) is 0 Å². The topological polar surface area (TPSA) is 58.6 Å². The van der Waals surface area contributed by atoms with E-state index in [0.29, 0.717) is 28.8 Å². The third-order valence-electron chi connectivity index (χ3n) is 5.86. The van der Waals surface area contributed by atoms with Gasteiger partial charge in [-0.15, -0.1) is 0 Å². The van der Waals surface area contributed by atoms with Crippen LogP contribution in [0, 0.1) is 6.92 Å². The third-order valence-corrected chi connectivity index (χ3v) is 6.53. The molecule has 0 unspecified atom stereocenters. The molecule has 0 radical (unpaired) electrons. The number of nitrogens with zero attached hydrogens (tertiary/aromatic N) is 1. The van der Waals surface area contributed by atoms with E-state index in [1.165, 1.54) is 0 Å². The van der Waals surface area contributed by atoms with E-state index in [-0.39, 0.29) is 25.0 Å². The molecule has 2 amide bonds. The van der Waals surface area contributed by atoms with Crippen molar-refractivity contribution in [3.8, 4) is 5.75 Å². The number of ether oxygens (including phenoxy) is 1. The monoisotopic (exact) mass is 526 g/mol. The van der Waals surface area contributed by atoms with Crippen LogP contribution in [-0.4, -0.2) is 35.9 Å². The molecule has 3 aromatic rings. The highest BCUT2D eigenvalue weighted by Gasteiger charge is 2.30. The number of carbonyl (C=O) groups is 2. The number of benzene rings is 3. The molecule has 36 heavy (non-hydrogen) atoms. The van der Waals surface area contributed by atoms with Gasteiger partial charge in [0.25, 0.3) is 5.91 Å². The van der Waals surface area contributed by atoms with Gasteiger partial charge in [0.15, 0.2) is 6.61 Å². The van der Waals surface area contributed by atoms with Crippen LogP contribution in [0.25, 0.3) is 0 Å². The first-order chi connectivity index (χ1) is 17.4. The minimum Gasteiger partial charge on any atom is -0.484 e. The summed E-state index contributed by atoms with van der Waals surface area (Å²) in [7, 11) is 0. The Morgan fingerprint density at radius 3 is 2.36 bits per heavy atom. The minimum atomic E-state index is -0.706. The van der Waals surface area contributed by atoms with Gasteiger partial charge in [0.05, 0.1) is 0 Å². The largest absolute Gasteiger partial charge is 0.484 e. The van der Waals surface area contributed by atoms with Crippen LogP contribution in [-0.2, 0) is 22.6 Å². The van der Waals surface area contributed by atoms with E-state index >= 15 is 0 Å². The quantitative estimate of drug-likeness (QED) is 0.284. The predicted molar refractivity (Wildman–Crippen MR) is 146 cm³/mol. The third kappa shape index (κ3) is 8.28. The van der Waals surface area contributed by atoms with Crippen LogP contribution in [0.15, 0.2) is 72.8 Å². The normalized spacial score (nSPS) is 11.6. The Balaban J connectivity index is 1.88. The molecule has 3 rings (SSSR count). The molecule has 0 aromatic heterocycles. The van der Waals surface area contributed by atoms with E-state index in [0.717, 1.165) is 29.5 Å². The van der Waals surface area contributed by atoms with Crippen molar-refractivity contribution < 1.29 is 14.3 Å². The molecule has 0 saturated heterocycles. The van der Waals surface area contributed by atoms with Crippen molar-refractivity contribution in [1.82, 2.24) is 10.2 Å². The zero-order chi connectivity index (χ0) is 25.9. The second-order valence-corrected chi connectivity index (χ2v) is 9.54. The highest BCUT2D eigenvalue weighted by atomic mass is 35.5. The maximum Gasteiger partial charge on any atom is 0.261 e. The summed E-state index contributed by atoms with van der Waals surface area (Å²) in [6.07, 6.45) is 2.22. The van der Waals surface area contributed by atoms with Gasteiger partial charge in [0.1, 0.15) is 11.8 Å². The summed E-state index contributed by atoms with van der Waals surface area (Å²) >= 11 is 12.2. The number of amides is 2. The standard InChI is InChI=1S/C29H32Cl2N2O3/c1-3-4-16-32-29(35)27(18-22-8-6-5-7-9-22)33(19-23-10-12-24(30)13-11-23)28(34)20-36-25-14-15-26(31)21(2)17-25/h5-15,17,27H,3-4,16,18-20H2,1-2H3,(H,32,35)/t27-/m1/s1. The van der Waals surface area contributed by atoms with Crippen LogP contribution in [0.1, 0.15) is 36.5 Å². The number of nitrogens with one attached hydrogen (secondary N) is 1. The molecule has 190 valence electrons. The van der Waals surface area contributed by atoms with Gasteiger partial charge in [-0.2, -0.15) is 0 Å². The molecule has 0 saturated carbocycles. The number of carbonyl (C=O) groups excluding carboxylic acids is 2. The van der Waals surface area contributed by atoms with E-state index in [2.05, 4.69) is 12.2 Å². The van der Waals surface area contributed by atoms with Crippen LogP contribution < -0.4 is 10.1 Å². The molecule has 0 aliphatic heterocycles. The second-order valence-electron chi connectivity index (χ2n) is 8.70. The Morgan fingerprint density at radius 1 is 0.972 bits per heavy atom. The Bertz CT molecular complexity index is 1140. The molecule has 7 heteroatoms. The lowest BCUT2D eigenvalue weighted by Crippen LogP contribution is -2.51. The fourth-order valence-corrected chi connectivity index (χ4v) is 4.03. The Kier molecular flexibility index (Phi) is 10.6. The number of halogens is 2. The van der Waals surface area contributed by atoms with Gasteiger partial charge >= 0.3 is 0 Å². The van der Waals surface area contributed by atoms with E-state index in [1.54, 1.807) is 35.2 Å². The Morgan fingerprint density at radius 2 is 1.69 bits per heavy atom. The number of unbranched alkanes of at least 4 members (excludes halogenated alkanes) is 1. The van der Waals surface area contributed by atoms with Gasteiger partial charge < -0.3 is 15.0 Å². The van der Waals surface area contributed by atoms with Gasteiger partial charge in [-0.05, 0) is 60.4 Å². The highest BCUT2D eigenvalue weighted by molar-refractivity contribution is 6.31. The van der Waals surface area contributed by atoms with Crippen LogP contribution in [0.3, 0.4) is 0 Å². The molecule has 3 aromatic carbocycles. The summed E-state index contributed by atoms with van der Waals surface area (Å²) in [5, 5.41) is 4.25. The zero-order valence-electron chi connectivity index (χ0n) is 20.7. The predicted octanol–water partition coefficient (Wildman–Crippen LogP) is 6.24. The average molecular weight is 527 g/mol. The Hall–Kier alpha value is -3.02. The number of rotatable bonds is 12. The van der Waals surface area contributed by atoms with Gasteiger partial charge in [0, 0.05) is 29.6 Å². The van der Waals surface area contributed by atoms with E-state index in [4.69, 9.17) is 27.9 Å². The maximum absolute atomic E-state index is 13.6. The van der Waals surface area contributed by atoms with E-state index < -0.39 is 6.04 Å². The summed E-state index contributed by atoms with van der Waals surface area (Å²) in [5.74, 6) is 0.0739. The first-order valence-electron chi connectivity index (χ1n) is 12.1. The highest BCUT2D eigenvalue weighted by Crippen LogP contribution is 2.22. The fraction of sp³-hybridized carbons (Fsp3) is 0.310. The summed E-state index contributed by atoms with van der Waals surface area (Å²) in [4.78, 5) is 28.6. The van der Waals surface area contributed by atoms with Crippen molar-refractivity contribution in [2.24, 2.45) is 0 Å². The fourth-order valence-electron chi connectivity index (χ4n) is 3.78. The first kappa shape index (κ1) is 27.6. The summed E-state index contributed by atoms with van der Waals surface area (Å²) in [6.45, 7) is 4.55. The molecule has 0 fully saturated rings. The van der Waals surface area contributed by atoms with Crippen molar-refractivity contribution >= 4 is 35.0 Å². The molecular formula is C29H32Cl2N2O3. The van der Waals surface area contributed by atoms with Crippen molar-refractivity contribution in [3.63, 3.8) is 0 Å². The average Bonchev–Trinajstić information content (AvgIpc) is 2.88. The molecule has 1 N–H and O–H groups in total. The van der Waals surface area contributed by atoms with Gasteiger partial charge in [0.2, 0.25) is 5.91 Å². The van der Waals surface area contributed by atoms with Crippen molar-refractivity contribution in [2.45, 2.75) is 45.7 Å². The minimum absolute atomic E-state index is 0.183. The van der Waals surface area contributed by atoms with Crippen LogP contribution in [0.2, 0.25) is 10.0 Å². The lowest BCUT2D eigenvalue weighted by molar-refractivity contribution is -0.142.